The van der Waals surface area contributed by atoms with E-state index in [-0.39, 0.29) is 11.7 Å². The number of hydrogen-bond donors (Lipinski definition) is 1. The minimum atomic E-state index is -0.0486. The molecule has 154 valence electrons. The van der Waals surface area contributed by atoms with Gasteiger partial charge in [-0.3, -0.25) is 4.79 Å². The first kappa shape index (κ1) is 20.4. The second kappa shape index (κ2) is 9.30. The van der Waals surface area contributed by atoms with Crippen molar-refractivity contribution in [2.24, 2.45) is 0 Å². The molecule has 1 N–H and O–H groups in total. The highest BCUT2D eigenvalue weighted by atomic mass is 32.2. The Morgan fingerprint density at radius 2 is 1.93 bits per heavy atom. The first-order valence-corrected chi connectivity index (χ1v) is 11.3. The fourth-order valence-electron chi connectivity index (χ4n) is 3.68. The zero-order valence-corrected chi connectivity index (χ0v) is 17.9. The molecule has 1 heterocycles. The maximum atomic E-state index is 12.4. The molecule has 4 rings (SSSR count). The van der Waals surface area contributed by atoms with E-state index in [4.69, 9.17) is 0 Å². The van der Waals surface area contributed by atoms with Crippen LogP contribution in [0.4, 0.5) is 5.69 Å². The van der Waals surface area contributed by atoms with Gasteiger partial charge in [0.1, 0.15) is 5.82 Å². The molecule has 0 spiro atoms. The van der Waals surface area contributed by atoms with Crippen molar-refractivity contribution in [3.63, 3.8) is 0 Å². The number of aryl methyl sites for hydroxylation is 1. The van der Waals surface area contributed by atoms with E-state index in [1.54, 1.807) is 0 Å². The van der Waals surface area contributed by atoms with Gasteiger partial charge in [0, 0.05) is 18.2 Å². The predicted octanol–water partition coefficient (Wildman–Crippen LogP) is 5.03. The Balaban J connectivity index is 1.39. The molecule has 0 radical (unpaired) electrons. The maximum absolute atomic E-state index is 12.4. The lowest BCUT2D eigenvalue weighted by Gasteiger charge is -2.08. The summed E-state index contributed by atoms with van der Waals surface area (Å²) in [5.41, 5.74) is 3.41. The third-order valence-corrected chi connectivity index (χ3v) is 6.35. The summed E-state index contributed by atoms with van der Waals surface area (Å²) < 4.78 is 2.09. The third-order valence-electron chi connectivity index (χ3n) is 5.39. The number of aromatic nitrogens is 3. The molecule has 1 saturated carbocycles. The van der Waals surface area contributed by atoms with Gasteiger partial charge < -0.3 is 9.88 Å². The molecule has 6 heteroatoms. The number of carbonyl (C=O) groups excluding carboxylic acids is 1. The monoisotopic (exact) mass is 418 g/mol. The van der Waals surface area contributed by atoms with Gasteiger partial charge in [0.15, 0.2) is 5.16 Å². The van der Waals surface area contributed by atoms with Crippen molar-refractivity contribution in [3.8, 4) is 0 Å². The molecule has 0 saturated heterocycles. The van der Waals surface area contributed by atoms with Crippen LogP contribution in [0.25, 0.3) is 0 Å². The van der Waals surface area contributed by atoms with E-state index in [1.165, 1.54) is 22.9 Å². The SMILES string of the molecule is C=CCn1c(SCC(=O)Nc2ccc(CC)cc2)nnc1C1CC1c1ccccc1. The average Bonchev–Trinajstić information content (AvgIpc) is 3.48. The molecule has 5 nitrogen and oxygen atoms in total. The highest BCUT2D eigenvalue weighted by Gasteiger charge is 2.43. The fourth-order valence-corrected chi connectivity index (χ4v) is 4.44. The summed E-state index contributed by atoms with van der Waals surface area (Å²) in [6.45, 7) is 6.63. The number of thioether (sulfide) groups is 1. The van der Waals surface area contributed by atoms with Gasteiger partial charge in [-0.25, -0.2) is 0 Å². The summed E-state index contributed by atoms with van der Waals surface area (Å²) >= 11 is 1.41. The minimum Gasteiger partial charge on any atom is -0.325 e. The van der Waals surface area contributed by atoms with E-state index >= 15 is 0 Å². The van der Waals surface area contributed by atoms with Crippen LogP contribution in [0.5, 0.6) is 0 Å². The van der Waals surface area contributed by atoms with Crippen LogP contribution in [0.3, 0.4) is 0 Å². The second-order valence-electron chi connectivity index (χ2n) is 7.49. The summed E-state index contributed by atoms with van der Waals surface area (Å²) in [4.78, 5) is 12.4. The Morgan fingerprint density at radius 1 is 1.17 bits per heavy atom. The van der Waals surface area contributed by atoms with Crippen LogP contribution >= 0.6 is 11.8 Å². The summed E-state index contributed by atoms with van der Waals surface area (Å²) in [5.74, 6) is 2.10. The number of carbonyl (C=O) groups is 1. The van der Waals surface area contributed by atoms with E-state index in [2.05, 4.69) is 57.8 Å². The zero-order valence-electron chi connectivity index (χ0n) is 17.1. The third kappa shape index (κ3) is 4.65. The van der Waals surface area contributed by atoms with Crippen LogP contribution in [0.15, 0.2) is 72.4 Å². The number of nitrogens with one attached hydrogen (secondary N) is 1. The van der Waals surface area contributed by atoms with Gasteiger partial charge in [-0.1, -0.05) is 67.2 Å². The first-order chi connectivity index (χ1) is 14.7. The Labute approximate surface area is 181 Å². The first-order valence-electron chi connectivity index (χ1n) is 10.3. The fraction of sp³-hybridized carbons (Fsp3) is 0.292. The summed E-state index contributed by atoms with van der Waals surface area (Å²) in [6, 6.07) is 18.5. The Kier molecular flexibility index (Phi) is 6.33. The largest absolute Gasteiger partial charge is 0.325 e. The molecular formula is C24H26N4OS. The van der Waals surface area contributed by atoms with Crippen LogP contribution in [0, 0.1) is 0 Å². The molecule has 30 heavy (non-hydrogen) atoms. The number of benzene rings is 2. The summed E-state index contributed by atoms with van der Waals surface area (Å²) in [7, 11) is 0. The molecule has 2 atom stereocenters. The molecule has 2 aromatic carbocycles. The topological polar surface area (TPSA) is 59.8 Å². The average molecular weight is 419 g/mol. The smallest absolute Gasteiger partial charge is 0.234 e. The van der Waals surface area contributed by atoms with Crippen molar-refractivity contribution in [1.29, 1.82) is 0 Å². The summed E-state index contributed by atoms with van der Waals surface area (Å²) in [5, 5.41) is 12.6. The molecule has 1 amide bonds. The van der Waals surface area contributed by atoms with Crippen molar-refractivity contribution in [1.82, 2.24) is 14.8 Å². The van der Waals surface area contributed by atoms with E-state index in [1.807, 2.05) is 36.4 Å². The standard InChI is InChI=1S/C24H26N4OS/c1-3-14-28-23(21-15-20(21)18-8-6-5-7-9-18)26-27-24(28)30-16-22(29)25-19-12-10-17(4-2)11-13-19/h3,5-13,20-21H,1,4,14-16H2,2H3,(H,25,29). The Hall–Kier alpha value is -2.86. The number of amides is 1. The van der Waals surface area contributed by atoms with E-state index in [9.17, 15) is 4.79 Å². The molecule has 2 unspecified atom stereocenters. The lowest BCUT2D eigenvalue weighted by molar-refractivity contribution is -0.113. The highest BCUT2D eigenvalue weighted by molar-refractivity contribution is 7.99. The van der Waals surface area contributed by atoms with Crippen molar-refractivity contribution in [2.45, 2.75) is 43.3 Å². The van der Waals surface area contributed by atoms with Crippen LogP contribution in [0.1, 0.15) is 42.1 Å². The van der Waals surface area contributed by atoms with Crippen LogP contribution < -0.4 is 5.32 Å². The molecule has 3 aromatic rings. The van der Waals surface area contributed by atoms with Gasteiger partial charge in [0.25, 0.3) is 0 Å². The molecule has 1 aliphatic carbocycles. The van der Waals surface area contributed by atoms with Gasteiger partial charge in [0.05, 0.1) is 5.75 Å². The second-order valence-corrected chi connectivity index (χ2v) is 8.43. The number of hydrogen-bond acceptors (Lipinski definition) is 4. The predicted molar refractivity (Wildman–Crippen MR) is 122 cm³/mol. The van der Waals surface area contributed by atoms with E-state index in [0.29, 0.717) is 18.4 Å². The number of allylic oxidation sites excluding steroid dienone is 1. The highest BCUT2D eigenvalue weighted by Crippen LogP contribution is 2.54. The quantitative estimate of drug-likeness (QED) is 0.391. The van der Waals surface area contributed by atoms with Gasteiger partial charge in [0.2, 0.25) is 5.91 Å². The molecule has 0 bridgehead atoms. The van der Waals surface area contributed by atoms with Gasteiger partial charge in [-0.05, 0) is 42.0 Å². The van der Waals surface area contributed by atoms with Crippen molar-refractivity contribution in [3.05, 3.63) is 84.2 Å². The van der Waals surface area contributed by atoms with E-state index < -0.39 is 0 Å². The zero-order chi connectivity index (χ0) is 20.9. The van der Waals surface area contributed by atoms with Crippen LogP contribution in [-0.4, -0.2) is 26.4 Å². The van der Waals surface area contributed by atoms with Gasteiger partial charge >= 0.3 is 0 Å². The number of rotatable bonds is 9. The number of nitrogens with zero attached hydrogens (tertiary/aromatic N) is 3. The lowest BCUT2D eigenvalue weighted by atomic mass is 10.1. The van der Waals surface area contributed by atoms with Crippen LogP contribution in [0.2, 0.25) is 0 Å². The van der Waals surface area contributed by atoms with Crippen molar-refractivity contribution < 1.29 is 4.79 Å². The van der Waals surface area contributed by atoms with Crippen LogP contribution in [-0.2, 0) is 17.8 Å². The van der Waals surface area contributed by atoms with Crippen molar-refractivity contribution in [2.75, 3.05) is 11.1 Å². The van der Waals surface area contributed by atoms with Crippen molar-refractivity contribution >= 4 is 23.4 Å². The lowest BCUT2D eigenvalue weighted by Crippen LogP contribution is -2.14. The molecule has 1 aromatic heterocycles. The minimum absolute atomic E-state index is 0.0486. The Morgan fingerprint density at radius 3 is 2.63 bits per heavy atom. The Bertz CT molecular complexity index is 1010. The van der Waals surface area contributed by atoms with E-state index in [0.717, 1.165) is 29.5 Å². The maximum Gasteiger partial charge on any atom is 0.234 e. The molecular weight excluding hydrogens is 392 g/mol. The molecule has 1 fully saturated rings. The van der Waals surface area contributed by atoms with Gasteiger partial charge in [-0.15, -0.1) is 16.8 Å². The summed E-state index contributed by atoms with van der Waals surface area (Å²) in [6.07, 6.45) is 3.92. The van der Waals surface area contributed by atoms with Gasteiger partial charge in [-0.2, -0.15) is 0 Å². The molecule has 1 aliphatic rings. The molecule has 0 aliphatic heterocycles. The normalized spacial score (nSPS) is 17.5. The number of anilines is 1.